The maximum absolute atomic E-state index is 12.8. The SMILES string of the molecule is CN(CC(=O)Nc1cc(C(F)(F)F)cc(C(F)(F)F)c1)C(=O)c1ccco1. The van der Waals surface area contributed by atoms with Gasteiger partial charge in [-0.15, -0.1) is 0 Å². The fraction of sp³-hybridized carbons (Fsp3) is 0.250. The van der Waals surface area contributed by atoms with Crippen LogP contribution in [0, 0.1) is 0 Å². The first-order valence-corrected chi connectivity index (χ1v) is 7.26. The predicted octanol–water partition coefficient (Wildman–Crippen LogP) is 4.03. The van der Waals surface area contributed by atoms with Gasteiger partial charge in [-0.2, -0.15) is 26.3 Å². The fourth-order valence-corrected chi connectivity index (χ4v) is 2.10. The Morgan fingerprint density at radius 3 is 2.04 bits per heavy atom. The van der Waals surface area contributed by atoms with E-state index in [4.69, 9.17) is 4.42 Å². The average molecular weight is 394 g/mol. The third kappa shape index (κ3) is 5.25. The first-order valence-electron chi connectivity index (χ1n) is 7.26. The van der Waals surface area contributed by atoms with Crippen molar-refractivity contribution in [2.75, 3.05) is 18.9 Å². The Balaban J connectivity index is 2.18. The van der Waals surface area contributed by atoms with E-state index >= 15 is 0 Å². The van der Waals surface area contributed by atoms with Crippen LogP contribution in [-0.4, -0.2) is 30.3 Å². The number of nitrogens with one attached hydrogen (secondary N) is 1. The van der Waals surface area contributed by atoms with Crippen molar-refractivity contribution in [3.05, 3.63) is 53.5 Å². The summed E-state index contributed by atoms with van der Waals surface area (Å²) < 4.78 is 81.7. The maximum atomic E-state index is 12.8. The number of amides is 2. The number of alkyl halides is 6. The minimum absolute atomic E-state index is 0.0534. The third-order valence-corrected chi connectivity index (χ3v) is 3.33. The summed E-state index contributed by atoms with van der Waals surface area (Å²) in [5.74, 6) is -1.75. The number of halogens is 6. The molecule has 0 radical (unpaired) electrons. The lowest BCUT2D eigenvalue weighted by molar-refractivity contribution is -0.143. The fourth-order valence-electron chi connectivity index (χ4n) is 2.10. The van der Waals surface area contributed by atoms with Crippen LogP contribution >= 0.6 is 0 Å². The minimum atomic E-state index is -5.03. The van der Waals surface area contributed by atoms with Crippen LogP contribution in [0.5, 0.6) is 0 Å². The molecular formula is C16H12F6N2O3. The molecule has 0 aliphatic carbocycles. The molecule has 0 aliphatic heterocycles. The quantitative estimate of drug-likeness (QED) is 0.797. The van der Waals surface area contributed by atoms with Crippen LogP contribution in [0.15, 0.2) is 41.0 Å². The van der Waals surface area contributed by atoms with Crippen molar-refractivity contribution in [1.29, 1.82) is 0 Å². The van der Waals surface area contributed by atoms with Gasteiger partial charge in [-0.05, 0) is 30.3 Å². The Labute approximate surface area is 148 Å². The van der Waals surface area contributed by atoms with Gasteiger partial charge in [0.05, 0.1) is 23.9 Å². The van der Waals surface area contributed by atoms with Crippen LogP contribution in [0.3, 0.4) is 0 Å². The van der Waals surface area contributed by atoms with Crippen LogP contribution in [-0.2, 0) is 17.1 Å². The number of rotatable bonds is 4. The molecule has 0 bridgehead atoms. The first kappa shape index (κ1) is 20.3. The van der Waals surface area contributed by atoms with E-state index in [0.717, 1.165) is 4.90 Å². The second kappa shape index (κ2) is 7.33. The minimum Gasteiger partial charge on any atom is -0.459 e. The monoisotopic (exact) mass is 394 g/mol. The molecule has 11 heteroatoms. The van der Waals surface area contributed by atoms with E-state index in [1.54, 1.807) is 0 Å². The van der Waals surface area contributed by atoms with Crippen LogP contribution in [0.1, 0.15) is 21.7 Å². The molecule has 1 aromatic heterocycles. The molecule has 0 saturated carbocycles. The molecule has 27 heavy (non-hydrogen) atoms. The van der Waals surface area contributed by atoms with E-state index in [-0.39, 0.29) is 11.8 Å². The number of furan rings is 1. The maximum Gasteiger partial charge on any atom is 0.416 e. The third-order valence-electron chi connectivity index (χ3n) is 3.33. The van der Waals surface area contributed by atoms with Gasteiger partial charge in [0.25, 0.3) is 5.91 Å². The van der Waals surface area contributed by atoms with Gasteiger partial charge in [-0.25, -0.2) is 0 Å². The summed E-state index contributed by atoms with van der Waals surface area (Å²) in [6.07, 6.45) is -8.85. The molecule has 2 rings (SSSR count). The summed E-state index contributed by atoms with van der Waals surface area (Å²) in [6.45, 7) is -0.614. The number of benzene rings is 1. The van der Waals surface area contributed by atoms with Gasteiger partial charge >= 0.3 is 12.4 Å². The number of hydrogen-bond donors (Lipinski definition) is 1. The molecule has 1 aromatic carbocycles. The average Bonchev–Trinajstić information content (AvgIpc) is 3.06. The Morgan fingerprint density at radius 2 is 1.59 bits per heavy atom. The lowest BCUT2D eigenvalue weighted by atomic mass is 10.1. The zero-order valence-electron chi connectivity index (χ0n) is 13.6. The van der Waals surface area contributed by atoms with Crippen molar-refractivity contribution >= 4 is 17.5 Å². The Bertz CT molecular complexity index is 795. The molecule has 146 valence electrons. The summed E-state index contributed by atoms with van der Waals surface area (Å²) in [6, 6.07) is 3.47. The Morgan fingerprint density at radius 1 is 1.04 bits per heavy atom. The van der Waals surface area contributed by atoms with Gasteiger partial charge in [-0.3, -0.25) is 9.59 Å². The van der Waals surface area contributed by atoms with Crippen molar-refractivity contribution < 1.29 is 40.3 Å². The summed E-state index contributed by atoms with van der Waals surface area (Å²) in [5.41, 5.74) is -3.82. The van der Waals surface area contributed by atoms with Crippen LogP contribution in [0.2, 0.25) is 0 Å². The van der Waals surface area contributed by atoms with Gasteiger partial charge in [-0.1, -0.05) is 0 Å². The lowest BCUT2D eigenvalue weighted by Gasteiger charge is -2.17. The van der Waals surface area contributed by atoms with E-state index in [2.05, 4.69) is 0 Å². The van der Waals surface area contributed by atoms with Crippen LogP contribution in [0.4, 0.5) is 32.0 Å². The molecule has 2 aromatic rings. The topological polar surface area (TPSA) is 62.6 Å². The van der Waals surface area contributed by atoms with Crippen molar-refractivity contribution in [2.24, 2.45) is 0 Å². The summed E-state index contributed by atoms with van der Waals surface area (Å²) >= 11 is 0. The van der Waals surface area contributed by atoms with E-state index < -0.39 is 47.5 Å². The first-order chi connectivity index (χ1) is 12.4. The zero-order valence-corrected chi connectivity index (χ0v) is 13.6. The van der Waals surface area contributed by atoms with Crippen molar-refractivity contribution in [3.63, 3.8) is 0 Å². The highest BCUT2D eigenvalue weighted by Gasteiger charge is 2.37. The highest BCUT2D eigenvalue weighted by atomic mass is 19.4. The number of anilines is 1. The highest BCUT2D eigenvalue weighted by molar-refractivity contribution is 5.98. The van der Waals surface area contributed by atoms with E-state index in [1.807, 2.05) is 5.32 Å². The number of hydrogen-bond acceptors (Lipinski definition) is 3. The Hall–Kier alpha value is -2.98. The molecular weight excluding hydrogens is 382 g/mol. The van der Waals surface area contributed by atoms with E-state index in [0.29, 0.717) is 12.1 Å². The predicted molar refractivity (Wildman–Crippen MR) is 80.7 cm³/mol. The number of likely N-dealkylation sites (N-methyl/N-ethyl adjacent to an activating group) is 1. The normalized spacial score (nSPS) is 12.0. The summed E-state index contributed by atoms with van der Waals surface area (Å²) in [7, 11) is 1.22. The Kier molecular flexibility index (Phi) is 5.52. The highest BCUT2D eigenvalue weighted by Crippen LogP contribution is 2.37. The van der Waals surface area contributed by atoms with Crippen molar-refractivity contribution in [3.8, 4) is 0 Å². The van der Waals surface area contributed by atoms with Gasteiger partial charge in [0.1, 0.15) is 0 Å². The van der Waals surface area contributed by atoms with Gasteiger partial charge in [0, 0.05) is 12.7 Å². The molecule has 0 atom stereocenters. The van der Waals surface area contributed by atoms with Gasteiger partial charge in [0.2, 0.25) is 5.91 Å². The van der Waals surface area contributed by atoms with Crippen molar-refractivity contribution in [1.82, 2.24) is 4.90 Å². The number of carbonyl (C=O) groups is 2. The largest absolute Gasteiger partial charge is 0.459 e. The van der Waals surface area contributed by atoms with Gasteiger partial charge in [0.15, 0.2) is 5.76 Å². The molecule has 1 N–H and O–H groups in total. The molecule has 0 fully saturated rings. The number of nitrogens with zero attached hydrogens (tertiary/aromatic N) is 1. The molecule has 0 saturated heterocycles. The van der Waals surface area contributed by atoms with Crippen LogP contribution in [0.25, 0.3) is 0 Å². The zero-order chi connectivity index (χ0) is 20.4. The summed E-state index contributed by atoms with van der Waals surface area (Å²) in [4.78, 5) is 24.7. The van der Waals surface area contributed by atoms with Crippen molar-refractivity contribution in [2.45, 2.75) is 12.4 Å². The molecule has 0 unspecified atom stereocenters. The molecule has 2 amide bonds. The second-order valence-corrected chi connectivity index (χ2v) is 5.48. The molecule has 1 heterocycles. The lowest BCUT2D eigenvalue weighted by Crippen LogP contribution is -2.34. The van der Waals surface area contributed by atoms with Crippen LogP contribution < -0.4 is 5.32 Å². The van der Waals surface area contributed by atoms with E-state index in [1.165, 1.54) is 25.4 Å². The molecule has 0 aliphatic rings. The standard InChI is InChI=1S/C16H12F6N2O3/c1-24(14(26)12-3-2-4-27-12)8-13(25)23-11-6-9(15(17,18)19)5-10(7-11)16(20,21)22/h2-7H,8H2,1H3,(H,23,25). The molecule has 5 nitrogen and oxygen atoms in total. The smallest absolute Gasteiger partial charge is 0.416 e. The summed E-state index contributed by atoms with van der Waals surface area (Å²) in [5, 5.41) is 1.93. The number of carbonyl (C=O) groups excluding carboxylic acids is 2. The second-order valence-electron chi connectivity index (χ2n) is 5.48. The van der Waals surface area contributed by atoms with E-state index in [9.17, 15) is 35.9 Å². The molecule has 0 spiro atoms. The van der Waals surface area contributed by atoms with Gasteiger partial charge < -0.3 is 14.6 Å².